The number of rotatable bonds is 1. The molecule has 1 atom stereocenters. The normalized spacial score (nSPS) is 24.7. The Labute approximate surface area is 66.3 Å². The molecule has 1 N–H and O–H groups in total. The Kier molecular flexibility index (Phi) is 2.52. The van der Waals surface area contributed by atoms with E-state index in [0.29, 0.717) is 19.0 Å². The first-order valence-electron chi connectivity index (χ1n) is 3.84. The van der Waals surface area contributed by atoms with Crippen LogP contribution in [-0.2, 0) is 0 Å². The molecule has 0 aromatic heterocycles. The predicted octanol–water partition coefficient (Wildman–Crippen LogP) is 1.56. The molecule has 0 aromatic rings. The van der Waals surface area contributed by atoms with Crippen LogP contribution in [0, 0.1) is 5.92 Å². The van der Waals surface area contributed by atoms with Crippen LogP contribution in [0.4, 0.5) is 4.79 Å². The SMILES string of the molecule is C=C[C@@H]1CCCN(C(=O)O)C1. The molecule has 11 heavy (non-hydrogen) atoms. The summed E-state index contributed by atoms with van der Waals surface area (Å²) in [4.78, 5) is 12.0. The van der Waals surface area contributed by atoms with Crippen molar-refractivity contribution >= 4 is 6.09 Å². The van der Waals surface area contributed by atoms with Gasteiger partial charge in [0.1, 0.15) is 0 Å². The van der Waals surface area contributed by atoms with Gasteiger partial charge in [-0.2, -0.15) is 0 Å². The maximum Gasteiger partial charge on any atom is 0.407 e. The van der Waals surface area contributed by atoms with Crippen molar-refractivity contribution in [1.29, 1.82) is 0 Å². The summed E-state index contributed by atoms with van der Waals surface area (Å²) < 4.78 is 0. The molecule has 3 heteroatoms. The fraction of sp³-hybridized carbons (Fsp3) is 0.625. The summed E-state index contributed by atoms with van der Waals surface area (Å²) >= 11 is 0. The van der Waals surface area contributed by atoms with Crippen molar-refractivity contribution in [3.05, 3.63) is 12.7 Å². The van der Waals surface area contributed by atoms with Crippen LogP contribution in [0.25, 0.3) is 0 Å². The number of nitrogens with zero attached hydrogens (tertiary/aromatic N) is 1. The molecule has 1 fully saturated rings. The summed E-state index contributed by atoms with van der Waals surface area (Å²) in [6.45, 7) is 4.96. The Hall–Kier alpha value is -0.990. The van der Waals surface area contributed by atoms with E-state index in [1.807, 2.05) is 6.08 Å². The number of likely N-dealkylation sites (tertiary alicyclic amines) is 1. The van der Waals surface area contributed by atoms with E-state index < -0.39 is 6.09 Å². The van der Waals surface area contributed by atoms with Crippen molar-refractivity contribution in [3.63, 3.8) is 0 Å². The summed E-state index contributed by atoms with van der Waals surface area (Å²) in [6, 6.07) is 0. The molecule has 3 nitrogen and oxygen atoms in total. The average molecular weight is 155 g/mol. The third-order valence-electron chi connectivity index (χ3n) is 2.06. The summed E-state index contributed by atoms with van der Waals surface area (Å²) in [7, 11) is 0. The minimum Gasteiger partial charge on any atom is -0.465 e. The molecule has 1 amide bonds. The van der Waals surface area contributed by atoms with Crippen LogP contribution in [0.15, 0.2) is 12.7 Å². The zero-order chi connectivity index (χ0) is 8.27. The summed E-state index contributed by atoms with van der Waals surface area (Å²) in [6.07, 6.45) is 3.07. The van der Waals surface area contributed by atoms with Crippen LogP contribution < -0.4 is 0 Å². The Morgan fingerprint density at radius 3 is 3.00 bits per heavy atom. The lowest BCUT2D eigenvalue weighted by Crippen LogP contribution is -2.38. The van der Waals surface area contributed by atoms with Crippen molar-refractivity contribution in [2.75, 3.05) is 13.1 Å². The zero-order valence-corrected chi connectivity index (χ0v) is 6.49. The third kappa shape index (κ3) is 1.97. The van der Waals surface area contributed by atoms with E-state index in [1.165, 1.54) is 4.90 Å². The van der Waals surface area contributed by atoms with Gasteiger partial charge >= 0.3 is 6.09 Å². The number of hydrogen-bond acceptors (Lipinski definition) is 1. The molecule has 0 saturated carbocycles. The molecule has 0 aromatic carbocycles. The summed E-state index contributed by atoms with van der Waals surface area (Å²) in [5, 5.41) is 8.64. The first kappa shape index (κ1) is 8.11. The standard InChI is InChI=1S/C8H13NO2/c1-2-7-4-3-5-9(6-7)8(10)11/h2,7H,1,3-6H2,(H,10,11)/t7-/m1/s1. The van der Waals surface area contributed by atoms with Crippen molar-refractivity contribution in [2.24, 2.45) is 5.92 Å². The topological polar surface area (TPSA) is 40.5 Å². The van der Waals surface area contributed by atoms with E-state index in [4.69, 9.17) is 5.11 Å². The number of carboxylic acid groups (broad SMARTS) is 1. The molecule has 0 bridgehead atoms. The van der Waals surface area contributed by atoms with Gasteiger partial charge in [0, 0.05) is 13.1 Å². The lowest BCUT2D eigenvalue weighted by molar-refractivity contribution is 0.127. The van der Waals surface area contributed by atoms with Crippen molar-refractivity contribution < 1.29 is 9.90 Å². The van der Waals surface area contributed by atoms with E-state index in [2.05, 4.69) is 6.58 Å². The van der Waals surface area contributed by atoms with Gasteiger partial charge in [-0.1, -0.05) is 6.08 Å². The second-order valence-corrected chi connectivity index (χ2v) is 2.87. The quantitative estimate of drug-likeness (QED) is 0.584. The summed E-state index contributed by atoms with van der Waals surface area (Å²) in [5.74, 6) is 0.361. The van der Waals surface area contributed by atoms with E-state index in [9.17, 15) is 4.79 Å². The van der Waals surface area contributed by atoms with E-state index in [1.54, 1.807) is 0 Å². The van der Waals surface area contributed by atoms with Gasteiger partial charge in [-0.25, -0.2) is 4.79 Å². The number of hydrogen-bond donors (Lipinski definition) is 1. The predicted molar refractivity (Wildman–Crippen MR) is 42.5 cm³/mol. The Bertz CT molecular complexity index is 167. The second-order valence-electron chi connectivity index (χ2n) is 2.87. The Balaban J connectivity index is 2.45. The Morgan fingerprint density at radius 1 is 1.73 bits per heavy atom. The van der Waals surface area contributed by atoms with Gasteiger partial charge in [-0.05, 0) is 18.8 Å². The molecule has 0 aliphatic carbocycles. The van der Waals surface area contributed by atoms with Crippen LogP contribution in [0.2, 0.25) is 0 Å². The monoisotopic (exact) mass is 155 g/mol. The molecular formula is C8H13NO2. The van der Waals surface area contributed by atoms with Gasteiger partial charge in [-0.3, -0.25) is 0 Å². The molecule has 0 radical (unpaired) electrons. The second kappa shape index (κ2) is 3.42. The highest BCUT2D eigenvalue weighted by atomic mass is 16.4. The third-order valence-corrected chi connectivity index (χ3v) is 2.06. The first-order chi connectivity index (χ1) is 5.24. The van der Waals surface area contributed by atoms with Crippen LogP contribution in [0.1, 0.15) is 12.8 Å². The largest absolute Gasteiger partial charge is 0.465 e. The maximum absolute atomic E-state index is 10.5. The fourth-order valence-corrected chi connectivity index (χ4v) is 1.38. The fourth-order valence-electron chi connectivity index (χ4n) is 1.38. The van der Waals surface area contributed by atoms with Gasteiger partial charge in [0.25, 0.3) is 0 Å². The number of amides is 1. The van der Waals surface area contributed by atoms with Crippen LogP contribution in [0.3, 0.4) is 0 Å². The highest BCUT2D eigenvalue weighted by Crippen LogP contribution is 2.16. The van der Waals surface area contributed by atoms with Crippen molar-refractivity contribution in [1.82, 2.24) is 4.90 Å². The van der Waals surface area contributed by atoms with Crippen LogP contribution in [-0.4, -0.2) is 29.2 Å². The lowest BCUT2D eigenvalue weighted by Gasteiger charge is -2.28. The Morgan fingerprint density at radius 2 is 2.45 bits per heavy atom. The lowest BCUT2D eigenvalue weighted by atomic mass is 9.99. The minimum absolute atomic E-state index is 0.361. The zero-order valence-electron chi connectivity index (χ0n) is 6.49. The van der Waals surface area contributed by atoms with Crippen LogP contribution in [0.5, 0.6) is 0 Å². The summed E-state index contributed by atoms with van der Waals surface area (Å²) in [5.41, 5.74) is 0. The molecule has 1 aliphatic heterocycles. The highest BCUT2D eigenvalue weighted by molar-refractivity contribution is 5.65. The van der Waals surface area contributed by atoms with Crippen molar-refractivity contribution in [3.8, 4) is 0 Å². The van der Waals surface area contributed by atoms with Gasteiger partial charge < -0.3 is 10.0 Å². The molecule has 0 unspecified atom stereocenters. The first-order valence-corrected chi connectivity index (χ1v) is 3.84. The molecule has 1 saturated heterocycles. The van der Waals surface area contributed by atoms with Crippen LogP contribution >= 0.6 is 0 Å². The molecule has 1 rings (SSSR count). The molecular weight excluding hydrogens is 142 g/mol. The molecule has 1 heterocycles. The minimum atomic E-state index is -0.809. The smallest absolute Gasteiger partial charge is 0.407 e. The van der Waals surface area contributed by atoms with E-state index in [-0.39, 0.29) is 0 Å². The van der Waals surface area contributed by atoms with Gasteiger partial charge in [0.2, 0.25) is 0 Å². The van der Waals surface area contributed by atoms with Gasteiger partial charge in [0.15, 0.2) is 0 Å². The van der Waals surface area contributed by atoms with E-state index in [0.717, 1.165) is 12.8 Å². The van der Waals surface area contributed by atoms with Crippen molar-refractivity contribution in [2.45, 2.75) is 12.8 Å². The van der Waals surface area contributed by atoms with Gasteiger partial charge in [0.05, 0.1) is 0 Å². The molecule has 62 valence electrons. The average Bonchev–Trinajstić information content (AvgIpc) is 2.05. The molecule has 1 aliphatic rings. The van der Waals surface area contributed by atoms with E-state index >= 15 is 0 Å². The molecule has 0 spiro atoms. The number of carbonyl (C=O) groups is 1. The highest BCUT2D eigenvalue weighted by Gasteiger charge is 2.20. The van der Waals surface area contributed by atoms with Gasteiger partial charge in [-0.15, -0.1) is 6.58 Å². The maximum atomic E-state index is 10.5. The number of piperidine rings is 1.